The van der Waals surface area contributed by atoms with Crippen molar-refractivity contribution in [1.29, 1.82) is 0 Å². The summed E-state index contributed by atoms with van der Waals surface area (Å²) >= 11 is 10.5. The van der Waals surface area contributed by atoms with Crippen molar-refractivity contribution in [3.05, 3.63) is 82.8 Å². The second kappa shape index (κ2) is 9.93. The number of anilines is 2. The first-order valence-corrected chi connectivity index (χ1v) is 15.8. The van der Waals surface area contributed by atoms with Gasteiger partial charge in [0.2, 0.25) is 0 Å². The van der Waals surface area contributed by atoms with Crippen LogP contribution in [0, 0.1) is 6.92 Å². The summed E-state index contributed by atoms with van der Waals surface area (Å²) < 4.78 is 58.3. The van der Waals surface area contributed by atoms with Gasteiger partial charge in [-0.05, 0) is 55.5 Å². The van der Waals surface area contributed by atoms with E-state index in [-0.39, 0.29) is 32.5 Å². The van der Waals surface area contributed by atoms with Crippen molar-refractivity contribution in [2.75, 3.05) is 21.7 Å². The Labute approximate surface area is 225 Å². The van der Waals surface area contributed by atoms with Crippen LogP contribution in [-0.4, -0.2) is 39.6 Å². The second-order valence-corrected chi connectivity index (χ2v) is 14.9. The lowest BCUT2D eigenvalue weighted by Gasteiger charge is -2.37. The van der Waals surface area contributed by atoms with E-state index in [1.165, 1.54) is 20.7 Å². The molecular formula is C23H21Br3N2O4S2. The largest absolute Gasteiger partial charge is 0.264 e. The zero-order chi connectivity index (χ0) is 24.7. The van der Waals surface area contributed by atoms with Crippen LogP contribution < -0.4 is 8.61 Å². The molecule has 0 bridgehead atoms. The molecule has 1 aliphatic rings. The number of hydrogen-bond donors (Lipinski definition) is 0. The van der Waals surface area contributed by atoms with Gasteiger partial charge in [0.15, 0.2) is 0 Å². The van der Waals surface area contributed by atoms with Gasteiger partial charge in [-0.3, -0.25) is 8.61 Å². The fourth-order valence-electron chi connectivity index (χ4n) is 3.65. The minimum atomic E-state index is -3.99. The highest BCUT2D eigenvalue weighted by Gasteiger charge is 2.38. The minimum absolute atomic E-state index is 0.115. The average molecular weight is 693 g/mol. The maximum absolute atomic E-state index is 13.8. The summed E-state index contributed by atoms with van der Waals surface area (Å²) in [6.45, 7) is 2.12. The molecule has 4 rings (SSSR count). The number of fused-ring (bicyclic) bond motifs is 1. The minimum Gasteiger partial charge on any atom is -0.263 e. The van der Waals surface area contributed by atoms with Crippen LogP contribution in [0.3, 0.4) is 0 Å². The molecule has 1 aliphatic heterocycles. The normalized spacial score (nSPS) is 19.3. The number of hydrogen-bond acceptors (Lipinski definition) is 4. The Bertz CT molecular complexity index is 1290. The summed E-state index contributed by atoms with van der Waals surface area (Å²) in [4.78, 5) is -0.461. The Morgan fingerprint density at radius 1 is 0.676 bits per heavy atom. The number of halogens is 3. The van der Waals surface area contributed by atoms with Crippen molar-refractivity contribution in [2.45, 2.75) is 26.4 Å². The van der Waals surface area contributed by atoms with Crippen LogP contribution >= 0.6 is 47.8 Å². The fraction of sp³-hybridized carbons (Fsp3) is 0.217. The molecule has 3 aromatic rings. The summed E-state index contributed by atoms with van der Waals surface area (Å²) in [7, 11) is -7.96. The van der Waals surface area contributed by atoms with E-state index in [1.54, 1.807) is 60.7 Å². The smallest absolute Gasteiger partial charge is 0.263 e. The van der Waals surface area contributed by atoms with E-state index in [4.69, 9.17) is 0 Å². The van der Waals surface area contributed by atoms with Crippen LogP contribution in [0.4, 0.5) is 11.4 Å². The van der Waals surface area contributed by atoms with Crippen LogP contribution in [0.2, 0.25) is 0 Å². The zero-order valence-electron chi connectivity index (χ0n) is 18.0. The van der Waals surface area contributed by atoms with Gasteiger partial charge in [0.05, 0.1) is 21.2 Å². The first-order chi connectivity index (χ1) is 16.0. The molecule has 6 nitrogen and oxygen atoms in total. The van der Waals surface area contributed by atoms with Crippen LogP contribution in [0.5, 0.6) is 0 Å². The quantitative estimate of drug-likeness (QED) is 0.330. The third-order valence-corrected chi connectivity index (χ3v) is 12.2. The van der Waals surface area contributed by atoms with Gasteiger partial charge in [0, 0.05) is 27.2 Å². The van der Waals surface area contributed by atoms with Gasteiger partial charge in [0.1, 0.15) is 0 Å². The van der Waals surface area contributed by atoms with Gasteiger partial charge in [-0.15, -0.1) is 0 Å². The van der Waals surface area contributed by atoms with Crippen molar-refractivity contribution in [1.82, 2.24) is 0 Å². The fourth-order valence-corrected chi connectivity index (χ4v) is 8.23. The number of benzene rings is 3. The predicted molar refractivity (Wildman–Crippen MR) is 146 cm³/mol. The summed E-state index contributed by atoms with van der Waals surface area (Å²) in [5.74, 6) is 0. The van der Waals surface area contributed by atoms with Crippen molar-refractivity contribution in [2.24, 2.45) is 0 Å². The van der Waals surface area contributed by atoms with Gasteiger partial charge in [-0.1, -0.05) is 77.6 Å². The molecule has 0 radical (unpaired) electrons. The number of aryl methyl sites for hydroxylation is 1. The molecule has 0 unspecified atom stereocenters. The molecule has 2 atom stereocenters. The zero-order valence-corrected chi connectivity index (χ0v) is 24.4. The molecule has 0 amide bonds. The van der Waals surface area contributed by atoms with Crippen molar-refractivity contribution in [3.63, 3.8) is 0 Å². The molecule has 3 aromatic carbocycles. The molecule has 0 saturated heterocycles. The summed E-state index contributed by atoms with van der Waals surface area (Å²) in [6, 6.07) is 19.7. The monoisotopic (exact) mass is 690 g/mol. The Morgan fingerprint density at radius 2 is 1.06 bits per heavy atom. The summed E-state index contributed by atoms with van der Waals surface area (Å²) in [6.07, 6.45) is 0. The molecule has 180 valence electrons. The molecule has 0 saturated carbocycles. The average Bonchev–Trinajstić information content (AvgIpc) is 2.80. The Kier molecular flexibility index (Phi) is 7.50. The highest BCUT2D eigenvalue weighted by Crippen LogP contribution is 2.40. The van der Waals surface area contributed by atoms with Gasteiger partial charge >= 0.3 is 0 Å². The lowest BCUT2D eigenvalue weighted by Crippen LogP contribution is -2.47. The molecule has 11 heteroatoms. The van der Waals surface area contributed by atoms with Crippen LogP contribution in [0.1, 0.15) is 5.56 Å². The number of sulfonamides is 2. The maximum Gasteiger partial charge on any atom is 0.264 e. The number of para-hydroxylation sites is 2. The summed E-state index contributed by atoms with van der Waals surface area (Å²) in [5.41, 5.74) is 1.54. The first-order valence-electron chi connectivity index (χ1n) is 10.3. The molecule has 0 aromatic heterocycles. The van der Waals surface area contributed by atoms with Gasteiger partial charge in [0.25, 0.3) is 20.0 Å². The molecule has 0 spiro atoms. The van der Waals surface area contributed by atoms with Crippen LogP contribution in [-0.2, 0) is 20.0 Å². The molecular weight excluding hydrogens is 672 g/mol. The van der Waals surface area contributed by atoms with E-state index < -0.39 is 20.0 Å². The third kappa shape index (κ3) is 4.95. The Hall–Kier alpha value is -1.40. The maximum atomic E-state index is 13.8. The molecule has 34 heavy (non-hydrogen) atoms. The van der Waals surface area contributed by atoms with E-state index >= 15 is 0 Å². The first kappa shape index (κ1) is 25.7. The Morgan fingerprint density at radius 3 is 1.47 bits per heavy atom. The van der Waals surface area contributed by atoms with Gasteiger partial charge in [-0.2, -0.15) is 0 Å². The highest BCUT2D eigenvalue weighted by atomic mass is 79.9. The SMILES string of the molecule is Cc1ccc(S(=O)(=O)N2C[C@H](Br)[C@@H](Br)CN(S(=O)(=O)c3ccc(Br)cc3)c3ccccc32)cc1. The van der Waals surface area contributed by atoms with Gasteiger partial charge in [-0.25, -0.2) is 16.8 Å². The second-order valence-electron chi connectivity index (χ2n) is 7.86. The predicted octanol–water partition coefficient (Wildman–Crippen LogP) is 5.69. The lowest BCUT2D eigenvalue weighted by molar-refractivity contribution is 0.582. The molecule has 0 N–H and O–H groups in total. The summed E-state index contributed by atoms with van der Waals surface area (Å²) in [5, 5.41) is 0. The van der Waals surface area contributed by atoms with E-state index in [9.17, 15) is 16.8 Å². The van der Waals surface area contributed by atoms with Crippen molar-refractivity contribution < 1.29 is 16.8 Å². The third-order valence-electron chi connectivity index (χ3n) is 5.50. The van der Waals surface area contributed by atoms with E-state index in [2.05, 4.69) is 47.8 Å². The van der Waals surface area contributed by atoms with Crippen molar-refractivity contribution >= 4 is 79.2 Å². The van der Waals surface area contributed by atoms with E-state index in [0.717, 1.165) is 10.0 Å². The number of alkyl halides is 2. The highest BCUT2D eigenvalue weighted by molar-refractivity contribution is 9.12. The Balaban J connectivity index is 1.91. The molecule has 0 aliphatic carbocycles. The number of nitrogens with zero attached hydrogens (tertiary/aromatic N) is 2. The van der Waals surface area contributed by atoms with E-state index in [1.807, 2.05) is 6.92 Å². The topological polar surface area (TPSA) is 74.8 Å². The van der Waals surface area contributed by atoms with E-state index in [0.29, 0.717) is 11.4 Å². The molecule has 0 fully saturated rings. The lowest BCUT2D eigenvalue weighted by atomic mass is 10.2. The van der Waals surface area contributed by atoms with Crippen LogP contribution in [0.25, 0.3) is 0 Å². The van der Waals surface area contributed by atoms with Crippen molar-refractivity contribution in [3.8, 4) is 0 Å². The number of rotatable bonds is 4. The van der Waals surface area contributed by atoms with Gasteiger partial charge < -0.3 is 0 Å². The molecule has 1 heterocycles. The standard InChI is InChI=1S/C23H21Br3N2O4S2/c1-16-6-10-18(11-7-16)33(29,30)27-14-20(25)21(26)15-28(23-5-3-2-4-22(23)27)34(31,32)19-12-8-17(24)9-13-19/h2-13,20-21H,14-15H2,1H3/t20-,21-/m0/s1. The van der Waals surface area contributed by atoms with Crippen LogP contribution in [0.15, 0.2) is 87.1 Å².